The normalized spacial score (nSPS) is 14.8. The highest BCUT2D eigenvalue weighted by atomic mass is 32.2. The Bertz CT molecular complexity index is 1150. The Morgan fingerprint density at radius 3 is 2.31 bits per heavy atom. The molecule has 0 unspecified atom stereocenters. The molecule has 0 aliphatic carbocycles. The first kappa shape index (κ1) is 28.0. The molecule has 0 radical (unpaired) electrons. The van der Waals surface area contributed by atoms with Gasteiger partial charge in [0.2, 0.25) is 14.2 Å². The van der Waals surface area contributed by atoms with Crippen molar-refractivity contribution in [2.45, 2.75) is 75.7 Å². The number of hydrogen-bond acceptors (Lipinski definition) is 6. The molecule has 35 heavy (non-hydrogen) atoms. The molecule has 0 saturated carbocycles. The molecule has 0 bridgehead atoms. The molecule has 0 aliphatic heterocycles. The van der Waals surface area contributed by atoms with Gasteiger partial charge in [0.25, 0.3) is 0 Å². The van der Waals surface area contributed by atoms with E-state index in [1.165, 1.54) is 11.3 Å². The van der Waals surface area contributed by atoms with E-state index in [-0.39, 0.29) is 27.2 Å². The third kappa shape index (κ3) is 7.70. The predicted octanol–water partition coefficient (Wildman–Crippen LogP) is 7.09. The molecule has 1 heterocycles. The average molecular weight is 534 g/mol. The molecule has 5 nitrogen and oxygen atoms in total. The van der Waals surface area contributed by atoms with E-state index in [2.05, 4.69) is 57.9 Å². The Hall–Kier alpha value is -1.58. The van der Waals surface area contributed by atoms with Gasteiger partial charge in [-0.15, -0.1) is 11.3 Å². The second-order valence-corrected chi connectivity index (χ2v) is 18.8. The van der Waals surface area contributed by atoms with Crippen molar-refractivity contribution in [2.75, 3.05) is 12.4 Å². The van der Waals surface area contributed by atoms with Crippen molar-refractivity contribution in [3.63, 3.8) is 0 Å². The number of hydrogen-bond donors (Lipinski definition) is 0. The molecule has 0 fully saturated rings. The van der Waals surface area contributed by atoms with E-state index in [1.807, 2.05) is 42.5 Å². The lowest BCUT2D eigenvalue weighted by Crippen LogP contribution is -2.46. The van der Waals surface area contributed by atoms with Gasteiger partial charge in [-0.2, -0.15) is 0 Å². The van der Waals surface area contributed by atoms with Gasteiger partial charge in [0.05, 0.1) is 22.6 Å². The van der Waals surface area contributed by atoms with Crippen LogP contribution < -0.4 is 0 Å². The molecule has 3 aromatic rings. The standard InChI is InChI=1S/C27H39NO4S2Si/c1-21(17-19-34(29,30)26-28-23-14-10-11-15-25(23)33-26)24(32-35(5,6)27(2,3)4)16-18-31-20-22-12-8-7-9-13-22/h7-15,21,24H,16-20H2,1-6H3/t21-,24-/m0/s1. The number of nitrogens with zero attached hydrogens (tertiary/aromatic N) is 1. The van der Waals surface area contributed by atoms with Crippen molar-refractivity contribution in [1.29, 1.82) is 0 Å². The van der Waals surface area contributed by atoms with Crippen LogP contribution in [0, 0.1) is 5.92 Å². The number of sulfone groups is 1. The third-order valence-corrected chi connectivity index (χ3v) is 14.7. The lowest BCUT2D eigenvalue weighted by atomic mass is 10.00. The minimum Gasteiger partial charge on any atom is -0.414 e. The zero-order chi connectivity index (χ0) is 25.7. The molecule has 0 aliphatic rings. The topological polar surface area (TPSA) is 65.5 Å². The van der Waals surface area contributed by atoms with Gasteiger partial charge in [0, 0.05) is 12.7 Å². The summed E-state index contributed by atoms with van der Waals surface area (Å²) >= 11 is 1.25. The summed E-state index contributed by atoms with van der Waals surface area (Å²) in [5, 5.41) is 0.0724. The zero-order valence-corrected chi connectivity index (χ0v) is 24.4. The van der Waals surface area contributed by atoms with Gasteiger partial charge >= 0.3 is 0 Å². The maximum absolute atomic E-state index is 13.1. The third-order valence-electron chi connectivity index (χ3n) is 6.93. The number of aromatic nitrogens is 1. The zero-order valence-electron chi connectivity index (χ0n) is 21.8. The summed E-state index contributed by atoms with van der Waals surface area (Å²) in [7, 11) is -5.48. The Morgan fingerprint density at radius 2 is 1.66 bits per heavy atom. The minimum absolute atomic E-state index is 0.0581. The van der Waals surface area contributed by atoms with Crippen molar-refractivity contribution in [3.8, 4) is 0 Å². The van der Waals surface area contributed by atoms with E-state index in [0.29, 0.717) is 19.6 Å². The minimum atomic E-state index is -3.45. The average Bonchev–Trinajstić information content (AvgIpc) is 3.25. The van der Waals surface area contributed by atoms with Gasteiger partial charge in [-0.1, -0.05) is 70.2 Å². The predicted molar refractivity (Wildman–Crippen MR) is 148 cm³/mol. The molecular weight excluding hydrogens is 495 g/mol. The van der Waals surface area contributed by atoms with Crippen molar-refractivity contribution in [1.82, 2.24) is 4.98 Å². The molecule has 0 saturated heterocycles. The van der Waals surface area contributed by atoms with Crippen LogP contribution in [0.3, 0.4) is 0 Å². The van der Waals surface area contributed by atoms with Crippen molar-refractivity contribution in [2.24, 2.45) is 5.92 Å². The van der Waals surface area contributed by atoms with Gasteiger partial charge in [0.1, 0.15) is 0 Å². The maximum Gasteiger partial charge on any atom is 0.210 e. The number of thiazole rings is 1. The van der Waals surface area contributed by atoms with Crippen molar-refractivity contribution < 1.29 is 17.6 Å². The van der Waals surface area contributed by atoms with E-state index in [1.54, 1.807) is 0 Å². The number of ether oxygens (including phenoxy) is 1. The summed E-state index contributed by atoms with van der Waals surface area (Å²) in [6.07, 6.45) is 1.20. The maximum atomic E-state index is 13.1. The highest BCUT2D eigenvalue weighted by molar-refractivity contribution is 7.93. The fourth-order valence-electron chi connectivity index (χ4n) is 3.58. The number of benzene rings is 2. The first-order valence-corrected chi connectivity index (χ1v) is 17.6. The molecule has 3 rings (SSSR count). The van der Waals surface area contributed by atoms with Gasteiger partial charge in [-0.05, 0) is 54.6 Å². The molecule has 0 N–H and O–H groups in total. The largest absolute Gasteiger partial charge is 0.414 e. The van der Waals surface area contributed by atoms with Crippen LogP contribution in [-0.4, -0.2) is 40.2 Å². The second-order valence-electron chi connectivity index (χ2n) is 10.8. The summed E-state index contributed by atoms with van der Waals surface area (Å²) in [6, 6.07) is 17.7. The highest BCUT2D eigenvalue weighted by Gasteiger charge is 2.40. The summed E-state index contributed by atoms with van der Waals surface area (Å²) in [4.78, 5) is 4.37. The molecule has 2 aromatic carbocycles. The van der Waals surface area contributed by atoms with Gasteiger partial charge in [-0.3, -0.25) is 0 Å². The quantitative estimate of drug-likeness (QED) is 0.184. The van der Waals surface area contributed by atoms with E-state index in [0.717, 1.165) is 22.2 Å². The first-order chi connectivity index (χ1) is 16.4. The van der Waals surface area contributed by atoms with Crippen molar-refractivity contribution >= 4 is 39.7 Å². The lowest BCUT2D eigenvalue weighted by molar-refractivity contribution is 0.0545. The van der Waals surface area contributed by atoms with Crippen LogP contribution in [0.25, 0.3) is 10.2 Å². The molecule has 192 valence electrons. The Balaban J connectivity index is 1.65. The monoisotopic (exact) mass is 533 g/mol. The van der Waals surface area contributed by atoms with E-state index >= 15 is 0 Å². The summed E-state index contributed by atoms with van der Waals surface area (Å²) < 4.78 is 40.0. The summed E-state index contributed by atoms with van der Waals surface area (Å²) in [6.45, 7) is 14.4. The summed E-state index contributed by atoms with van der Waals surface area (Å²) in [5.74, 6) is 0.143. The lowest BCUT2D eigenvalue weighted by Gasteiger charge is -2.41. The van der Waals surface area contributed by atoms with Crippen LogP contribution in [0.5, 0.6) is 0 Å². The molecule has 8 heteroatoms. The molecule has 1 aromatic heterocycles. The molecule has 0 amide bonds. The van der Waals surface area contributed by atoms with Crippen LogP contribution in [0.1, 0.15) is 46.1 Å². The van der Waals surface area contributed by atoms with Gasteiger partial charge in [0.15, 0.2) is 8.32 Å². The number of para-hydroxylation sites is 1. The molecular formula is C27H39NO4S2Si. The fraction of sp³-hybridized carbons (Fsp3) is 0.519. The first-order valence-electron chi connectivity index (χ1n) is 12.3. The van der Waals surface area contributed by atoms with Crippen LogP contribution in [0.4, 0.5) is 0 Å². The van der Waals surface area contributed by atoms with Crippen LogP contribution in [-0.2, 0) is 25.6 Å². The van der Waals surface area contributed by atoms with E-state index < -0.39 is 18.2 Å². The molecule has 0 spiro atoms. The van der Waals surface area contributed by atoms with Crippen LogP contribution in [0.15, 0.2) is 58.9 Å². The highest BCUT2D eigenvalue weighted by Crippen LogP contribution is 2.39. The Kier molecular flexibility index (Phi) is 9.31. The van der Waals surface area contributed by atoms with Gasteiger partial charge in [-0.25, -0.2) is 13.4 Å². The van der Waals surface area contributed by atoms with Crippen molar-refractivity contribution in [3.05, 3.63) is 60.2 Å². The van der Waals surface area contributed by atoms with E-state index in [9.17, 15) is 8.42 Å². The smallest absolute Gasteiger partial charge is 0.210 e. The van der Waals surface area contributed by atoms with E-state index in [4.69, 9.17) is 9.16 Å². The van der Waals surface area contributed by atoms with Crippen LogP contribution >= 0.6 is 11.3 Å². The fourth-order valence-corrected chi connectivity index (χ4v) is 7.86. The van der Waals surface area contributed by atoms with Crippen LogP contribution in [0.2, 0.25) is 18.1 Å². The SMILES string of the molecule is C[C@@H](CCS(=O)(=O)c1nc2ccccc2s1)[C@H](CCOCc1ccccc1)O[Si](C)(C)C(C)(C)C. The Morgan fingerprint density at radius 1 is 1.00 bits per heavy atom. The Labute approximate surface area is 215 Å². The molecule has 2 atom stereocenters. The van der Waals surface area contributed by atoms with Gasteiger partial charge < -0.3 is 9.16 Å². The number of rotatable bonds is 12. The number of fused-ring (bicyclic) bond motifs is 1. The second kappa shape index (κ2) is 11.6. The summed E-state index contributed by atoms with van der Waals surface area (Å²) in [5.41, 5.74) is 1.88.